The molecule has 2 saturated heterocycles. The molecule has 0 radical (unpaired) electrons. The van der Waals surface area contributed by atoms with Crippen LogP contribution in [0.2, 0.25) is 40.2 Å². The van der Waals surface area contributed by atoms with E-state index in [0.29, 0.717) is 87.7 Å². The van der Waals surface area contributed by atoms with Gasteiger partial charge in [-0.1, -0.05) is 123 Å². The quantitative estimate of drug-likeness (QED) is 0.0249. The van der Waals surface area contributed by atoms with Crippen LogP contribution in [-0.4, -0.2) is 171 Å². The Morgan fingerprint density at radius 2 is 0.602 bits per heavy atom. The van der Waals surface area contributed by atoms with Crippen LogP contribution in [0, 0.1) is 33.7 Å². The molecular weight excluding hydrogens is 1880 g/mol. The number of amides is 8. The fourth-order valence-electron chi connectivity index (χ4n) is 13.4. The minimum absolute atomic E-state index is 0.0745. The highest BCUT2D eigenvalue weighted by Crippen LogP contribution is 2.31. The number of hydrogen-bond acceptors (Lipinski definition) is 17. The number of piperidine rings is 1. The van der Waals surface area contributed by atoms with Crippen molar-refractivity contribution in [2.45, 2.75) is 32.1 Å². The summed E-state index contributed by atoms with van der Waals surface area (Å²) in [5.74, 6) is -4.39. The normalized spacial score (nSPS) is 12.4. The third-order valence-corrected chi connectivity index (χ3v) is 22.1. The van der Waals surface area contributed by atoms with Crippen LogP contribution in [0.3, 0.4) is 0 Å². The minimum Gasteiger partial charge on any atom is -0.363 e. The minimum atomic E-state index is -0.760. The van der Waals surface area contributed by atoms with Gasteiger partial charge < -0.3 is 62.1 Å². The molecular formula is C94H79Cl8F3N20O8. The highest BCUT2D eigenvalue weighted by Gasteiger charge is 2.27. The van der Waals surface area contributed by atoms with Crippen LogP contribution >= 0.6 is 92.8 Å². The van der Waals surface area contributed by atoms with Gasteiger partial charge in [0.25, 0.3) is 47.3 Å². The van der Waals surface area contributed by atoms with Crippen molar-refractivity contribution in [3.8, 4) is 0 Å². The van der Waals surface area contributed by atoms with Gasteiger partial charge in [0.1, 0.15) is 64.1 Å². The molecule has 680 valence electrons. The van der Waals surface area contributed by atoms with E-state index in [9.17, 15) is 51.5 Å². The number of carbonyl (C=O) groups excluding carboxylic acids is 8. The second-order valence-corrected chi connectivity index (χ2v) is 33.3. The monoisotopic (exact) mass is 1950 g/mol. The number of aromatic nitrogens is 4. The molecule has 7 heterocycles. The number of likely N-dealkylation sites (N-methyl/N-ethyl adjacent to an activating group) is 1. The number of rotatable bonds is 20. The summed E-state index contributed by atoms with van der Waals surface area (Å²) in [4.78, 5) is 130. The van der Waals surface area contributed by atoms with Crippen LogP contribution in [0.25, 0.3) is 0 Å². The summed E-state index contributed by atoms with van der Waals surface area (Å²) >= 11 is 47.5. The number of carbonyl (C=O) groups is 8. The van der Waals surface area contributed by atoms with Crippen molar-refractivity contribution in [2.75, 3.05) is 103 Å². The molecule has 133 heavy (non-hydrogen) atoms. The van der Waals surface area contributed by atoms with E-state index < -0.39 is 64.7 Å². The number of pyridine rings is 4. The van der Waals surface area contributed by atoms with Gasteiger partial charge in [0.05, 0.1) is 88.3 Å². The van der Waals surface area contributed by atoms with E-state index in [-0.39, 0.29) is 95.2 Å². The second kappa shape index (κ2) is 45.8. The van der Waals surface area contributed by atoms with Gasteiger partial charge in [-0.25, -0.2) is 33.1 Å². The van der Waals surface area contributed by atoms with Gasteiger partial charge in [0.2, 0.25) is 0 Å². The molecule has 0 saturated carbocycles. The molecule has 0 spiro atoms. The Morgan fingerprint density at radius 1 is 0.316 bits per heavy atom. The Balaban J connectivity index is 0.000000160. The number of likely N-dealkylation sites (tertiary alicyclic amines) is 2. The van der Waals surface area contributed by atoms with Gasteiger partial charge in [0, 0.05) is 127 Å². The molecule has 12 aromatic rings. The van der Waals surface area contributed by atoms with E-state index in [1.54, 1.807) is 104 Å². The number of amidine groups is 4. The smallest absolute Gasteiger partial charge is 0.258 e. The Kier molecular flexibility index (Phi) is 33.8. The molecule has 2 fully saturated rings. The third-order valence-electron chi connectivity index (χ3n) is 20.2. The summed E-state index contributed by atoms with van der Waals surface area (Å²) in [5.41, 5.74) is 3.06. The van der Waals surface area contributed by atoms with E-state index in [1.165, 1.54) is 140 Å². The van der Waals surface area contributed by atoms with Crippen LogP contribution < -0.4 is 42.5 Å². The van der Waals surface area contributed by atoms with Crippen molar-refractivity contribution in [1.82, 2.24) is 39.5 Å². The van der Waals surface area contributed by atoms with Crippen molar-refractivity contribution in [1.29, 1.82) is 16.2 Å². The van der Waals surface area contributed by atoms with Gasteiger partial charge in [-0.15, -0.1) is 0 Å². The molecule has 3 aliphatic heterocycles. The predicted octanol–water partition coefficient (Wildman–Crippen LogP) is 20.8. The lowest BCUT2D eigenvalue weighted by Crippen LogP contribution is -2.35. The molecule has 0 aliphatic carbocycles. The number of halogens is 11. The van der Waals surface area contributed by atoms with Gasteiger partial charge in [-0.2, -0.15) is 0 Å². The Morgan fingerprint density at radius 3 is 0.895 bits per heavy atom. The van der Waals surface area contributed by atoms with Crippen molar-refractivity contribution in [2.24, 2.45) is 4.99 Å². The molecule has 0 unspecified atom stereocenters. The first-order valence-electron chi connectivity index (χ1n) is 40.5. The van der Waals surface area contributed by atoms with Gasteiger partial charge >= 0.3 is 0 Å². The third kappa shape index (κ3) is 26.7. The highest BCUT2D eigenvalue weighted by molar-refractivity contribution is 6.34. The Hall–Kier alpha value is -13.9. The lowest BCUT2D eigenvalue weighted by Gasteiger charge is -2.29. The number of hydrogen-bond donors (Lipinski definition) is 11. The SMILES string of the molecule is CN(C)C(=N)c1ccc(C(=O)Nc2ccc(Cl)cc2C(=O)Nc2ccc(Cl)cn2)cc1.CN1CCN=C1c1ccc(C(=O)Nc2ccc(Cl)cc2C(=O)Nc2ccc(Cl)cn2)c(F)c1.N=C(c1ccc(C(=O)Nc2ccc(Cl)cc2C(=O)Nc2ccc(Cl)cn2)c(F)c1)N1CCCC1.N=C(c1ccc(C(=O)Nc2ccc(Cl)cc2C(=O)Nc2ccc(Cl)cn2)c(F)c1)N1CCCCC1. The zero-order chi connectivity index (χ0) is 95.3. The van der Waals surface area contributed by atoms with E-state index in [1.807, 2.05) is 21.7 Å². The molecule has 11 N–H and O–H groups in total. The summed E-state index contributed by atoms with van der Waals surface area (Å²) in [6, 6.07) is 49.2. The number of anilines is 8. The number of nitrogens with one attached hydrogen (secondary N) is 11. The summed E-state index contributed by atoms with van der Waals surface area (Å²) in [7, 11) is 5.42. The van der Waals surface area contributed by atoms with Crippen molar-refractivity contribution < 1.29 is 51.5 Å². The molecule has 0 bridgehead atoms. The average Bonchev–Trinajstić information content (AvgIpc) is 1.62. The van der Waals surface area contributed by atoms with Crippen LogP contribution in [-0.2, 0) is 0 Å². The van der Waals surface area contributed by atoms with E-state index in [0.717, 1.165) is 64.8 Å². The summed E-state index contributed by atoms with van der Waals surface area (Å²) < 4.78 is 44.5. The zero-order valence-corrected chi connectivity index (χ0v) is 76.6. The number of nitrogens with zero attached hydrogens (tertiary/aromatic N) is 9. The number of aliphatic imine (C=N–C) groups is 1. The van der Waals surface area contributed by atoms with Crippen LogP contribution in [0.1, 0.15) is 137 Å². The second-order valence-electron chi connectivity index (χ2n) is 29.8. The Bertz CT molecular complexity index is 6480. The molecule has 4 aromatic heterocycles. The standard InChI is InChI=1S/C25H22Cl2FN5O2.C24H20Cl2FN5O2.C23H18Cl2FN5O2.C22H19Cl2N5O2/c26-16-5-8-21(19(13-16)25(35)32-22-9-6-17(27)14-30-22)31-24(34)18-7-4-15(12-20(18)28)23(29)33-10-2-1-3-11-33;25-15-4-7-20(18(12-15)24(34)31-21-8-5-16(26)13-29-21)30-23(33)17-6-3-14(11-19(17)27)22(28)32-9-1-2-10-32;1-31-9-8-27-21(31)13-2-5-16(18(26)10-13)22(32)29-19-6-3-14(24)11-17(19)23(33)30-20-7-4-15(25)12-28-20;1-29(2)20(25)13-3-5-14(6-4-13)21(30)27-18-9-7-15(23)11-17(18)22(31)28-19-10-8-16(24)12-26-19/h4-9,12-14,29H,1-3,10-11H2,(H,31,34)(H,30,32,35);3-8,11-13,28H,1-2,9-10H2,(H,30,33)(H,29,31,34);2-7,10-12H,8-9H2,1H3,(H,29,32)(H,28,30,33);3-12,25H,1-2H3,(H,27,30)(H,26,28,31). The molecule has 39 heteroatoms. The first-order valence-corrected chi connectivity index (χ1v) is 43.6. The van der Waals surface area contributed by atoms with E-state index in [2.05, 4.69) is 67.5 Å². The number of benzene rings is 8. The fourth-order valence-corrected chi connectivity index (χ4v) is 14.5. The van der Waals surface area contributed by atoms with Crippen LogP contribution in [0.15, 0.2) is 230 Å². The maximum atomic E-state index is 14.9. The average molecular weight is 1960 g/mol. The summed E-state index contributed by atoms with van der Waals surface area (Å²) in [6.07, 6.45) is 10.7. The maximum Gasteiger partial charge on any atom is 0.258 e. The fraction of sp³-hybridized carbons (Fsp3) is 0.149. The molecule has 8 aromatic carbocycles. The molecule has 15 rings (SSSR count). The lowest BCUT2D eigenvalue weighted by atomic mass is 10.1. The molecule has 0 atom stereocenters. The summed E-state index contributed by atoms with van der Waals surface area (Å²) in [6.45, 7) is 4.44. The van der Waals surface area contributed by atoms with E-state index >= 15 is 0 Å². The molecule has 28 nitrogen and oxygen atoms in total. The lowest BCUT2D eigenvalue weighted by molar-refractivity contribution is 0.100. The van der Waals surface area contributed by atoms with Crippen LogP contribution in [0.4, 0.5) is 59.2 Å². The predicted molar refractivity (Wildman–Crippen MR) is 517 cm³/mol. The first kappa shape index (κ1) is 98.2. The summed E-state index contributed by atoms with van der Waals surface area (Å²) in [5, 5.41) is 48.5. The highest BCUT2D eigenvalue weighted by atomic mass is 35.5. The first-order chi connectivity index (χ1) is 63.7. The van der Waals surface area contributed by atoms with Crippen molar-refractivity contribution in [3.63, 3.8) is 0 Å². The van der Waals surface area contributed by atoms with E-state index in [4.69, 9.17) is 109 Å². The van der Waals surface area contributed by atoms with Crippen LogP contribution in [0.5, 0.6) is 0 Å². The van der Waals surface area contributed by atoms with Gasteiger partial charge in [0.15, 0.2) is 0 Å². The van der Waals surface area contributed by atoms with Gasteiger partial charge in [-0.05, 0) is 202 Å². The topological polar surface area (TPSA) is 381 Å². The van der Waals surface area contributed by atoms with Gasteiger partial charge in [-0.3, -0.25) is 59.6 Å². The van der Waals surface area contributed by atoms with Crippen molar-refractivity contribution >= 4 is 209 Å². The zero-order valence-electron chi connectivity index (χ0n) is 70.6. The molecule has 8 amide bonds. The maximum absolute atomic E-state index is 14.9. The largest absolute Gasteiger partial charge is 0.363 e. The van der Waals surface area contributed by atoms with Crippen molar-refractivity contribution in [3.05, 3.63) is 349 Å². The Labute approximate surface area is 800 Å². The molecule has 3 aliphatic rings.